The smallest absolute Gasteiger partial charge is 0.387 e. The highest BCUT2D eigenvalue weighted by molar-refractivity contribution is 8.26. The number of ether oxygens (including phenoxy) is 1. The molecule has 1 saturated heterocycles. The van der Waals surface area contributed by atoms with Crippen LogP contribution in [0.3, 0.4) is 0 Å². The first-order valence-electron chi connectivity index (χ1n) is 6.21. The van der Waals surface area contributed by atoms with Crippen LogP contribution in [0.15, 0.2) is 29.2 Å². The van der Waals surface area contributed by atoms with Crippen LogP contribution < -0.4 is 4.74 Å². The molecule has 0 spiro atoms. The number of halogens is 2. The van der Waals surface area contributed by atoms with Gasteiger partial charge in [0, 0.05) is 11.6 Å². The topological polar surface area (TPSA) is 29.5 Å². The summed E-state index contributed by atoms with van der Waals surface area (Å²) in [6.07, 6.45) is 1.53. The zero-order valence-corrected chi connectivity index (χ0v) is 13.0. The summed E-state index contributed by atoms with van der Waals surface area (Å²) in [4.78, 5) is 14.2. The molecular formula is C14H13F2NO2S2. The molecule has 1 aromatic rings. The van der Waals surface area contributed by atoms with Crippen molar-refractivity contribution >= 4 is 40.3 Å². The van der Waals surface area contributed by atoms with Crippen LogP contribution in [0.4, 0.5) is 8.78 Å². The van der Waals surface area contributed by atoms with Crippen molar-refractivity contribution in [2.45, 2.75) is 26.5 Å². The van der Waals surface area contributed by atoms with Gasteiger partial charge in [0.05, 0.1) is 4.91 Å². The Labute approximate surface area is 131 Å². The molecule has 3 nitrogen and oxygen atoms in total. The lowest BCUT2D eigenvalue weighted by atomic mass is 10.2. The highest BCUT2D eigenvalue weighted by Gasteiger charge is 2.33. The van der Waals surface area contributed by atoms with Crippen molar-refractivity contribution in [1.29, 1.82) is 0 Å². The summed E-state index contributed by atoms with van der Waals surface area (Å²) >= 11 is 6.32. The van der Waals surface area contributed by atoms with Gasteiger partial charge in [0.25, 0.3) is 5.91 Å². The van der Waals surface area contributed by atoms with Gasteiger partial charge in [-0.1, -0.05) is 42.2 Å². The van der Waals surface area contributed by atoms with E-state index in [1.54, 1.807) is 18.2 Å². The average molecular weight is 329 g/mol. The molecule has 1 amide bonds. The van der Waals surface area contributed by atoms with Gasteiger partial charge in [-0.05, 0) is 26.0 Å². The quantitative estimate of drug-likeness (QED) is 0.619. The number of alkyl halides is 2. The molecule has 0 saturated carbocycles. The third-order valence-corrected chi connectivity index (χ3v) is 4.09. The molecule has 0 unspecified atom stereocenters. The van der Waals surface area contributed by atoms with Gasteiger partial charge in [-0.15, -0.1) is 0 Å². The van der Waals surface area contributed by atoms with E-state index < -0.39 is 6.61 Å². The molecular weight excluding hydrogens is 316 g/mol. The highest BCUT2D eigenvalue weighted by atomic mass is 32.2. The largest absolute Gasteiger partial charge is 0.434 e. The van der Waals surface area contributed by atoms with Crippen LogP contribution in [0.2, 0.25) is 0 Å². The standard InChI is InChI=1S/C14H13F2NO2S2/c1-8(2)17-12(18)11(21-14(17)20)7-9-5-3-4-6-10(9)19-13(15)16/h3-8,13H,1-2H3/b11-7+. The monoisotopic (exact) mass is 329 g/mol. The van der Waals surface area contributed by atoms with Crippen LogP contribution in [0, 0.1) is 0 Å². The van der Waals surface area contributed by atoms with E-state index in [1.165, 1.54) is 17.0 Å². The van der Waals surface area contributed by atoms with Crippen molar-refractivity contribution in [2.75, 3.05) is 0 Å². The molecule has 0 atom stereocenters. The molecule has 1 fully saturated rings. The molecule has 1 aliphatic rings. The minimum atomic E-state index is -2.91. The first-order valence-corrected chi connectivity index (χ1v) is 7.43. The summed E-state index contributed by atoms with van der Waals surface area (Å²) in [5.74, 6) is -0.186. The number of rotatable bonds is 4. The van der Waals surface area contributed by atoms with Crippen LogP contribution in [-0.2, 0) is 4.79 Å². The Bertz CT molecular complexity index is 602. The van der Waals surface area contributed by atoms with Gasteiger partial charge < -0.3 is 4.74 Å². The van der Waals surface area contributed by atoms with E-state index in [0.717, 1.165) is 11.8 Å². The number of hydrogen-bond donors (Lipinski definition) is 0. The van der Waals surface area contributed by atoms with Gasteiger partial charge in [-0.2, -0.15) is 8.78 Å². The molecule has 0 radical (unpaired) electrons. The minimum absolute atomic E-state index is 0.0299. The average Bonchev–Trinajstić information content (AvgIpc) is 2.66. The number of para-hydroxylation sites is 1. The molecule has 2 rings (SSSR count). The molecule has 1 aromatic carbocycles. The normalized spacial score (nSPS) is 17.4. The molecule has 1 heterocycles. The molecule has 7 heteroatoms. The summed E-state index contributed by atoms with van der Waals surface area (Å²) in [5, 5.41) is 0. The zero-order valence-electron chi connectivity index (χ0n) is 11.4. The van der Waals surface area contributed by atoms with Gasteiger partial charge in [0.1, 0.15) is 10.1 Å². The van der Waals surface area contributed by atoms with Crippen LogP contribution in [0.1, 0.15) is 19.4 Å². The molecule has 1 aliphatic heterocycles. The Morgan fingerprint density at radius 2 is 2.00 bits per heavy atom. The third kappa shape index (κ3) is 3.59. The second-order valence-corrected chi connectivity index (χ2v) is 6.24. The highest BCUT2D eigenvalue weighted by Crippen LogP contribution is 2.35. The number of thiocarbonyl (C=S) groups is 1. The van der Waals surface area contributed by atoms with Crippen LogP contribution in [0.5, 0.6) is 5.75 Å². The fourth-order valence-corrected chi connectivity index (χ4v) is 3.38. The molecule has 21 heavy (non-hydrogen) atoms. The van der Waals surface area contributed by atoms with E-state index in [-0.39, 0.29) is 17.7 Å². The predicted molar refractivity (Wildman–Crippen MR) is 83.2 cm³/mol. The van der Waals surface area contributed by atoms with Gasteiger partial charge in [-0.3, -0.25) is 9.69 Å². The first-order chi connectivity index (χ1) is 9.90. The van der Waals surface area contributed by atoms with Gasteiger partial charge in [0.2, 0.25) is 0 Å². The van der Waals surface area contributed by atoms with E-state index in [2.05, 4.69) is 4.74 Å². The van der Waals surface area contributed by atoms with Crippen molar-refractivity contribution < 1.29 is 18.3 Å². The predicted octanol–water partition coefficient (Wildman–Crippen LogP) is 3.90. The van der Waals surface area contributed by atoms with Crippen molar-refractivity contribution in [3.05, 3.63) is 34.7 Å². The summed E-state index contributed by atoms with van der Waals surface area (Å²) < 4.78 is 29.7. The maximum atomic E-state index is 12.4. The van der Waals surface area contributed by atoms with E-state index in [9.17, 15) is 13.6 Å². The Balaban J connectivity index is 2.33. The number of carbonyl (C=O) groups is 1. The Morgan fingerprint density at radius 1 is 1.33 bits per heavy atom. The maximum Gasteiger partial charge on any atom is 0.387 e. The summed E-state index contributed by atoms with van der Waals surface area (Å²) in [6.45, 7) is 0.813. The Hall–Kier alpha value is -1.47. The second kappa shape index (κ2) is 6.53. The Morgan fingerprint density at radius 3 is 2.57 bits per heavy atom. The fraction of sp³-hybridized carbons (Fsp3) is 0.286. The number of thioether (sulfide) groups is 1. The summed E-state index contributed by atoms with van der Waals surface area (Å²) in [7, 11) is 0. The fourth-order valence-electron chi connectivity index (χ4n) is 1.87. The number of benzene rings is 1. The minimum Gasteiger partial charge on any atom is -0.434 e. The molecule has 0 aliphatic carbocycles. The molecule has 0 bridgehead atoms. The summed E-state index contributed by atoms with van der Waals surface area (Å²) in [6, 6.07) is 6.28. The van der Waals surface area contributed by atoms with Crippen LogP contribution >= 0.6 is 24.0 Å². The third-order valence-electron chi connectivity index (χ3n) is 2.76. The SMILES string of the molecule is CC(C)N1C(=O)/C(=C\c2ccccc2OC(F)F)SC1=S. The van der Waals surface area contributed by atoms with Crippen LogP contribution in [-0.4, -0.2) is 27.8 Å². The Kier molecular flexibility index (Phi) is 4.95. The number of hydrogen-bond acceptors (Lipinski definition) is 4. The van der Waals surface area contributed by atoms with E-state index >= 15 is 0 Å². The van der Waals surface area contributed by atoms with Crippen molar-refractivity contribution in [1.82, 2.24) is 4.90 Å². The summed E-state index contributed by atoms with van der Waals surface area (Å²) in [5.41, 5.74) is 0.419. The van der Waals surface area contributed by atoms with Crippen molar-refractivity contribution in [3.8, 4) is 5.75 Å². The molecule has 0 N–H and O–H groups in total. The van der Waals surface area contributed by atoms with E-state index in [1.807, 2.05) is 13.8 Å². The molecule has 0 aromatic heterocycles. The van der Waals surface area contributed by atoms with E-state index in [0.29, 0.717) is 14.8 Å². The van der Waals surface area contributed by atoms with Crippen molar-refractivity contribution in [3.63, 3.8) is 0 Å². The lowest BCUT2D eigenvalue weighted by molar-refractivity contribution is -0.123. The van der Waals surface area contributed by atoms with Crippen LogP contribution in [0.25, 0.3) is 6.08 Å². The second-order valence-electron chi connectivity index (χ2n) is 4.56. The molecule has 112 valence electrons. The first kappa shape index (κ1) is 15.9. The lowest BCUT2D eigenvalue weighted by Crippen LogP contribution is -2.34. The number of amides is 1. The van der Waals surface area contributed by atoms with Gasteiger partial charge >= 0.3 is 6.61 Å². The number of carbonyl (C=O) groups excluding carboxylic acids is 1. The van der Waals surface area contributed by atoms with E-state index in [4.69, 9.17) is 12.2 Å². The van der Waals surface area contributed by atoms with Crippen molar-refractivity contribution in [2.24, 2.45) is 0 Å². The maximum absolute atomic E-state index is 12.4. The van der Waals surface area contributed by atoms with Gasteiger partial charge in [0.15, 0.2) is 0 Å². The van der Waals surface area contributed by atoms with Gasteiger partial charge in [-0.25, -0.2) is 0 Å². The zero-order chi connectivity index (χ0) is 15.6. The number of nitrogens with zero attached hydrogens (tertiary/aromatic N) is 1. The lowest BCUT2D eigenvalue weighted by Gasteiger charge is -2.18.